The lowest BCUT2D eigenvalue weighted by molar-refractivity contribution is -0.120. The van der Waals surface area contributed by atoms with Crippen molar-refractivity contribution in [3.63, 3.8) is 0 Å². The summed E-state index contributed by atoms with van der Waals surface area (Å²) in [4.78, 5) is 25.6. The molecule has 0 spiro atoms. The van der Waals surface area contributed by atoms with Crippen LogP contribution < -0.4 is 15.0 Å². The number of hydrogen-bond acceptors (Lipinski definition) is 3. The predicted molar refractivity (Wildman–Crippen MR) is 106 cm³/mol. The van der Waals surface area contributed by atoms with Gasteiger partial charge in [0.25, 0.3) is 0 Å². The van der Waals surface area contributed by atoms with Crippen LogP contribution in [0.4, 0.5) is 15.8 Å². The zero-order chi connectivity index (χ0) is 19.9. The minimum absolute atomic E-state index is 0.190. The molecule has 2 amide bonds. The van der Waals surface area contributed by atoms with Gasteiger partial charge in [0.1, 0.15) is 23.9 Å². The van der Waals surface area contributed by atoms with Crippen molar-refractivity contribution in [3.05, 3.63) is 84.7 Å². The summed E-state index contributed by atoms with van der Waals surface area (Å²) in [5.41, 5.74) is 0.891. The van der Waals surface area contributed by atoms with Crippen LogP contribution in [0.25, 0.3) is 0 Å². The Morgan fingerprint density at radius 2 is 1.61 bits per heavy atom. The number of halogens is 1. The van der Waals surface area contributed by atoms with Gasteiger partial charge in [0.2, 0.25) is 11.8 Å². The van der Waals surface area contributed by atoms with E-state index in [0.717, 1.165) is 0 Å². The Hall–Kier alpha value is -3.67. The van der Waals surface area contributed by atoms with E-state index in [0.29, 0.717) is 22.9 Å². The molecule has 0 saturated heterocycles. The molecule has 0 unspecified atom stereocenters. The number of nitrogens with one attached hydrogen (secondary N) is 1. The highest BCUT2D eigenvalue weighted by Gasteiger charge is 2.16. The first-order valence-electron chi connectivity index (χ1n) is 8.68. The summed E-state index contributed by atoms with van der Waals surface area (Å²) >= 11 is 0. The third kappa shape index (κ3) is 5.17. The standard InChI is InChI=1S/C22H19FN2O3/c1-16(26)25(15-22(27)24-18-7-5-6-17(23)14-18)19-10-12-21(13-11-19)28-20-8-3-2-4-9-20/h2-14H,15H2,1H3,(H,24,27). The fourth-order valence-corrected chi connectivity index (χ4v) is 2.61. The largest absolute Gasteiger partial charge is 0.457 e. The number of hydrogen-bond donors (Lipinski definition) is 1. The molecule has 0 bridgehead atoms. The Morgan fingerprint density at radius 1 is 0.929 bits per heavy atom. The lowest BCUT2D eigenvalue weighted by Gasteiger charge is -2.21. The molecule has 5 nitrogen and oxygen atoms in total. The molecule has 1 N–H and O–H groups in total. The monoisotopic (exact) mass is 378 g/mol. The summed E-state index contributed by atoms with van der Waals surface area (Å²) in [6, 6.07) is 21.8. The van der Waals surface area contributed by atoms with Crippen molar-refractivity contribution in [1.82, 2.24) is 0 Å². The maximum atomic E-state index is 13.2. The average Bonchev–Trinajstić information content (AvgIpc) is 2.67. The van der Waals surface area contributed by atoms with Gasteiger partial charge in [0, 0.05) is 18.3 Å². The van der Waals surface area contributed by atoms with Crippen molar-refractivity contribution in [2.45, 2.75) is 6.92 Å². The molecule has 0 fully saturated rings. The molecular weight excluding hydrogens is 359 g/mol. The summed E-state index contributed by atoms with van der Waals surface area (Å²) < 4.78 is 19.0. The van der Waals surface area contributed by atoms with Gasteiger partial charge in [-0.3, -0.25) is 9.59 Å². The second-order valence-electron chi connectivity index (χ2n) is 6.07. The van der Waals surface area contributed by atoms with E-state index in [-0.39, 0.29) is 12.5 Å². The Bertz CT molecular complexity index is 959. The van der Waals surface area contributed by atoms with Crippen LogP contribution >= 0.6 is 0 Å². The van der Waals surface area contributed by atoms with E-state index in [1.54, 1.807) is 30.3 Å². The Balaban J connectivity index is 1.67. The molecule has 0 aliphatic rings. The van der Waals surface area contributed by atoms with E-state index in [9.17, 15) is 14.0 Å². The van der Waals surface area contributed by atoms with E-state index >= 15 is 0 Å². The van der Waals surface area contributed by atoms with Gasteiger partial charge in [0.05, 0.1) is 0 Å². The van der Waals surface area contributed by atoms with Crippen LogP contribution in [0.15, 0.2) is 78.9 Å². The van der Waals surface area contributed by atoms with Gasteiger partial charge in [0.15, 0.2) is 0 Å². The van der Waals surface area contributed by atoms with Crippen molar-refractivity contribution in [3.8, 4) is 11.5 Å². The molecule has 3 aromatic rings. The van der Waals surface area contributed by atoms with Crippen LogP contribution in [0.2, 0.25) is 0 Å². The van der Waals surface area contributed by atoms with E-state index in [1.807, 2.05) is 30.3 Å². The Morgan fingerprint density at radius 3 is 2.25 bits per heavy atom. The molecule has 28 heavy (non-hydrogen) atoms. The van der Waals surface area contributed by atoms with Gasteiger partial charge in [-0.1, -0.05) is 24.3 Å². The number of rotatable bonds is 6. The highest BCUT2D eigenvalue weighted by atomic mass is 19.1. The fraction of sp³-hybridized carbons (Fsp3) is 0.0909. The zero-order valence-corrected chi connectivity index (χ0v) is 15.3. The van der Waals surface area contributed by atoms with Crippen LogP contribution in [0.3, 0.4) is 0 Å². The molecule has 142 valence electrons. The Labute approximate surface area is 162 Å². The smallest absolute Gasteiger partial charge is 0.244 e. The topological polar surface area (TPSA) is 58.6 Å². The van der Waals surface area contributed by atoms with Gasteiger partial charge in [-0.2, -0.15) is 0 Å². The number of nitrogens with zero attached hydrogens (tertiary/aromatic N) is 1. The number of amides is 2. The highest BCUT2D eigenvalue weighted by molar-refractivity contribution is 6.01. The molecule has 0 radical (unpaired) electrons. The van der Waals surface area contributed by atoms with Crippen molar-refractivity contribution < 1.29 is 18.7 Å². The van der Waals surface area contributed by atoms with E-state index in [2.05, 4.69) is 5.32 Å². The zero-order valence-electron chi connectivity index (χ0n) is 15.3. The van der Waals surface area contributed by atoms with Crippen LogP contribution in [-0.4, -0.2) is 18.4 Å². The van der Waals surface area contributed by atoms with Gasteiger partial charge >= 0.3 is 0 Å². The molecule has 0 saturated carbocycles. The number of para-hydroxylation sites is 1. The molecule has 0 heterocycles. The molecule has 0 aliphatic heterocycles. The van der Waals surface area contributed by atoms with Crippen molar-refractivity contribution in [2.24, 2.45) is 0 Å². The fourth-order valence-electron chi connectivity index (χ4n) is 2.61. The number of anilines is 2. The normalized spacial score (nSPS) is 10.2. The first-order valence-corrected chi connectivity index (χ1v) is 8.68. The van der Waals surface area contributed by atoms with Crippen LogP contribution in [0.5, 0.6) is 11.5 Å². The lowest BCUT2D eigenvalue weighted by atomic mass is 10.2. The highest BCUT2D eigenvalue weighted by Crippen LogP contribution is 2.24. The molecular formula is C22H19FN2O3. The van der Waals surface area contributed by atoms with Gasteiger partial charge in [-0.25, -0.2) is 4.39 Å². The minimum Gasteiger partial charge on any atom is -0.457 e. The summed E-state index contributed by atoms with van der Waals surface area (Å²) in [6.07, 6.45) is 0. The molecule has 6 heteroatoms. The molecule has 0 atom stereocenters. The van der Waals surface area contributed by atoms with Crippen LogP contribution in [0, 0.1) is 5.82 Å². The summed E-state index contributed by atoms with van der Waals surface area (Å²) in [5.74, 6) is 0.155. The second kappa shape index (κ2) is 8.81. The summed E-state index contributed by atoms with van der Waals surface area (Å²) in [6.45, 7) is 1.19. The lowest BCUT2D eigenvalue weighted by Crippen LogP contribution is -2.36. The predicted octanol–water partition coefficient (Wildman–Crippen LogP) is 4.61. The number of ether oxygens (including phenoxy) is 1. The average molecular weight is 378 g/mol. The molecule has 3 aromatic carbocycles. The first-order chi connectivity index (χ1) is 13.5. The number of benzene rings is 3. The van der Waals surface area contributed by atoms with Gasteiger partial charge in [-0.15, -0.1) is 0 Å². The molecule has 0 aliphatic carbocycles. The van der Waals surface area contributed by atoms with E-state index in [4.69, 9.17) is 4.74 Å². The van der Waals surface area contributed by atoms with Gasteiger partial charge in [-0.05, 0) is 54.6 Å². The van der Waals surface area contributed by atoms with E-state index in [1.165, 1.54) is 30.0 Å². The Kier molecular flexibility index (Phi) is 6.01. The van der Waals surface area contributed by atoms with Crippen LogP contribution in [-0.2, 0) is 9.59 Å². The van der Waals surface area contributed by atoms with Crippen LogP contribution in [0.1, 0.15) is 6.92 Å². The first kappa shape index (κ1) is 19.1. The third-order valence-electron chi connectivity index (χ3n) is 3.92. The summed E-state index contributed by atoms with van der Waals surface area (Å²) in [7, 11) is 0. The SMILES string of the molecule is CC(=O)N(CC(=O)Nc1cccc(F)c1)c1ccc(Oc2ccccc2)cc1. The van der Waals surface area contributed by atoms with Crippen molar-refractivity contribution >= 4 is 23.2 Å². The summed E-state index contributed by atoms with van der Waals surface area (Å²) in [5, 5.41) is 2.58. The third-order valence-corrected chi connectivity index (χ3v) is 3.92. The van der Waals surface area contributed by atoms with Crippen molar-refractivity contribution in [2.75, 3.05) is 16.8 Å². The minimum atomic E-state index is -0.449. The maximum absolute atomic E-state index is 13.2. The number of carbonyl (C=O) groups is 2. The second-order valence-corrected chi connectivity index (χ2v) is 6.07. The van der Waals surface area contributed by atoms with Gasteiger partial charge < -0.3 is 15.0 Å². The quantitative estimate of drug-likeness (QED) is 0.681. The molecule has 0 aromatic heterocycles. The van der Waals surface area contributed by atoms with E-state index < -0.39 is 11.7 Å². The van der Waals surface area contributed by atoms with Crippen molar-refractivity contribution in [1.29, 1.82) is 0 Å². The maximum Gasteiger partial charge on any atom is 0.244 e. The number of carbonyl (C=O) groups excluding carboxylic acids is 2. The molecule has 3 rings (SSSR count).